The Morgan fingerprint density at radius 2 is 2.00 bits per heavy atom. The summed E-state index contributed by atoms with van der Waals surface area (Å²) in [5.41, 5.74) is 8.24. The Bertz CT molecular complexity index is 1400. The number of morpholine rings is 1. The summed E-state index contributed by atoms with van der Waals surface area (Å²) in [6.45, 7) is 1.83. The Kier molecular flexibility index (Phi) is 5.97. The molecule has 5 rings (SSSR count). The van der Waals surface area contributed by atoms with Crippen molar-refractivity contribution >= 4 is 11.8 Å². The van der Waals surface area contributed by atoms with Gasteiger partial charge in [-0.1, -0.05) is 24.3 Å². The number of benzene rings is 2. The highest BCUT2D eigenvalue weighted by molar-refractivity contribution is 5.73. The van der Waals surface area contributed by atoms with E-state index in [1.807, 2.05) is 0 Å². The number of non-ortho nitro benzene ring substituents is 1. The van der Waals surface area contributed by atoms with Gasteiger partial charge < -0.3 is 24.8 Å². The molecular formula is C24H20N6O6. The minimum atomic E-state index is -0.671. The molecule has 2 aliphatic heterocycles. The van der Waals surface area contributed by atoms with E-state index in [1.165, 1.54) is 12.1 Å². The molecule has 12 heteroatoms. The van der Waals surface area contributed by atoms with Gasteiger partial charge in [0, 0.05) is 30.8 Å². The summed E-state index contributed by atoms with van der Waals surface area (Å²) in [6, 6.07) is 14.8. The number of allylic oxidation sites excluding steroid dienone is 1. The van der Waals surface area contributed by atoms with Gasteiger partial charge in [-0.15, -0.1) is 5.10 Å². The monoisotopic (exact) mass is 488 g/mol. The van der Waals surface area contributed by atoms with Crippen molar-refractivity contribution in [2.24, 2.45) is 5.73 Å². The van der Waals surface area contributed by atoms with Crippen LogP contribution in [0.3, 0.4) is 0 Å². The second-order valence-electron chi connectivity index (χ2n) is 8.09. The number of hydrogen-bond acceptors (Lipinski definition) is 9. The SMILES string of the molecule is N#CC1=C(N)Oc2n[nH]c(-c3cccc([N+](=O)[O-])c3)c2[C@@H]1c1ccc(OC(=O)N2CCOCC2)cc1. The highest BCUT2D eigenvalue weighted by Gasteiger charge is 2.36. The molecule has 0 radical (unpaired) electrons. The highest BCUT2D eigenvalue weighted by Crippen LogP contribution is 2.46. The van der Waals surface area contributed by atoms with Gasteiger partial charge in [0.15, 0.2) is 0 Å². The maximum atomic E-state index is 12.4. The topological polar surface area (TPSA) is 170 Å². The van der Waals surface area contributed by atoms with Gasteiger partial charge in [-0.2, -0.15) is 5.26 Å². The zero-order valence-electron chi connectivity index (χ0n) is 18.8. The number of aromatic nitrogens is 2. The van der Waals surface area contributed by atoms with Crippen molar-refractivity contribution in [1.29, 1.82) is 5.26 Å². The Morgan fingerprint density at radius 3 is 2.69 bits per heavy atom. The number of nitriles is 1. The first-order chi connectivity index (χ1) is 17.5. The van der Waals surface area contributed by atoms with E-state index in [0.717, 1.165) is 0 Å². The number of carbonyl (C=O) groups is 1. The van der Waals surface area contributed by atoms with Crippen LogP contribution in [0.4, 0.5) is 10.5 Å². The highest BCUT2D eigenvalue weighted by atomic mass is 16.6. The van der Waals surface area contributed by atoms with E-state index < -0.39 is 16.9 Å². The first-order valence-corrected chi connectivity index (χ1v) is 11.0. The number of rotatable bonds is 4. The van der Waals surface area contributed by atoms with E-state index in [1.54, 1.807) is 41.3 Å². The van der Waals surface area contributed by atoms with Gasteiger partial charge in [0.05, 0.1) is 35.3 Å². The summed E-state index contributed by atoms with van der Waals surface area (Å²) >= 11 is 0. The second kappa shape index (κ2) is 9.40. The van der Waals surface area contributed by atoms with Crippen molar-refractivity contribution < 1.29 is 23.9 Å². The Balaban J connectivity index is 1.50. The number of nitro groups is 1. The van der Waals surface area contributed by atoms with Crippen LogP contribution >= 0.6 is 0 Å². The van der Waals surface area contributed by atoms with Crippen molar-refractivity contribution in [2.75, 3.05) is 26.3 Å². The van der Waals surface area contributed by atoms with Gasteiger partial charge in [-0.05, 0) is 17.7 Å². The molecule has 2 aromatic carbocycles. The summed E-state index contributed by atoms with van der Waals surface area (Å²) in [4.78, 5) is 24.8. The number of nitrogens with one attached hydrogen (secondary N) is 1. The zero-order valence-corrected chi connectivity index (χ0v) is 18.8. The fourth-order valence-corrected chi connectivity index (χ4v) is 4.21. The number of amides is 1. The van der Waals surface area contributed by atoms with E-state index in [-0.39, 0.29) is 23.0 Å². The molecule has 0 unspecified atom stereocenters. The van der Waals surface area contributed by atoms with Crippen molar-refractivity contribution in [1.82, 2.24) is 15.1 Å². The summed E-state index contributed by atoms with van der Waals surface area (Å²) in [5, 5.41) is 28.2. The maximum Gasteiger partial charge on any atom is 0.415 e. The summed E-state index contributed by atoms with van der Waals surface area (Å²) in [7, 11) is 0. The molecule has 0 spiro atoms. The first-order valence-electron chi connectivity index (χ1n) is 11.0. The lowest BCUT2D eigenvalue weighted by Crippen LogP contribution is -2.42. The Labute approximate surface area is 204 Å². The standard InChI is InChI=1S/C24H20N6O6/c25-13-18-19(14-4-6-17(7-5-14)35-24(31)29-8-10-34-11-9-29)20-21(27-28-23(20)36-22(18)26)15-2-1-3-16(12-15)30(32)33/h1-7,12,19H,8-11,26H2,(H,27,28)/t19-/m1/s1. The van der Waals surface area contributed by atoms with Gasteiger partial charge in [0.1, 0.15) is 17.4 Å². The predicted octanol–water partition coefficient (Wildman–Crippen LogP) is 3.03. The van der Waals surface area contributed by atoms with Crippen molar-refractivity contribution in [3.63, 3.8) is 0 Å². The second-order valence-corrected chi connectivity index (χ2v) is 8.09. The van der Waals surface area contributed by atoms with Crippen LogP contribution < -0.4 is 15.2 Å². The van der Waals surface area contributed by atoms with Gasteiger partial charge in [-0.25, -0.2) is 4.79 Å². The van der Waals surface area contributed by atoms with E-state index >= 15 is 0 Å². The third-order valence-electron chi connectivity index (χ3n) is 5.97. The molecule has 0 saturated carbocycles. The van der Waals surface area contributed by atoms with Crippen molar-refractivity contribution in [3.8, 4) is 29.0 Å². The van der Waals surface area contributed by atoms with Crippen LogP contribution in [0.15, 0.2) is 60.0 Å². The summed E-state index contributed by atoms with van der Waals surface area (Å²) in [6.07, 6.45) is -0.468. The maximum absolute atomic E-state index is 12.4. The molecule has 0 aliphatic carbocycles. The van der Waals surface area contributed by atoms with Crippen LogP contribution in [0.25, 0.3) is 11.3 Å². The molecule has 12 nitrogen and oxygen atoms in total. The average molecular weight is 488 g/mol. The van der Waals surface area contributed by atoms with Crippen LogP contribution in [0.2, 0.25) is 0 Å². The molecule has 36 heavy (non-hydrogen) atoms. The molecule has 1 atom stereocenters. The number of fused-ring (bicyclic) bond motifs is 1. The van der Waals surface area contributed by atoms with E-state index in [2.05, 4.69) is 16.3 Å². The molecule has 3 heterocycles. The molecule has 0 bridgehead atoms. The van der Waals surface area contributed by atoms with E-state index in [4.69, 9.17) is 19.9 Å². The van der Waals surface area contributed by atoms with Crippen LogP contribution in [0.1, 0.15) is 17.0 Å². The molecule has 1 saturated heterocycles. The van der Waals surface area contributed by atoms with Crippen LogP contribution in [-0.4, -0.2) is 52.4 Å². The van der Waals surface area contributed by atoms with Crippen molar-refractivity contribution in [3.05, 3.63) is 81.2 Å². The third kappa shape index (κ3) is 4.19. The number of nitrogens with two attached hydrogens (primary N) is 1. The average Bonchev–Trinajstić information content (AvgIpc) is 3.32. The lowest BCUT2D eigenvalue weighted by Gasteiger charge is -2.26. The lowest BCUT2D eigenvalue weighted by atomic mass is 9.83. The van der Waals surface area contributed by atoms with E-state index in [0.29, 0.717) is 54.4 Å². The van der Waals surface area contributed by atoms with Gasteiger partial charge in [0.2, 0.25) is 11.8 Å². The van der Waals surface area contributed by atoms with Gasteiger partial charge in [0.25, 0.3) is 5.69 Å². The Morgan fingerprint density at radius 1 is 1.25 bits per heavy atom. The number of aromatic amines is 1. The van der Waals surface area contributed by atoms with Crippen LogP contribution in [0.5, 0.6) is 11.6 Å². The number of nitro benzene ring substituents is 1. The minimum Gasteiger partial charge on any atom is -0.420 e. The molecule has 182 valence electrons. The fourth-order valence-electron chi connectivity index (χ4n) is 4.21. The molecule has 1 fully saturated rings. The van der Waals surface area contributed by atoms with Crippen molar-refractivity contribution in [2.45, 2.75) is 5.92 Å². The molecule has 3 N–H and O–H groups in total. The van der Waals surface area contributed by atoms with Gasteiger partial charge >= 0.3 is 6.09 Å². The molecule has 1 amide bonds. The quantitative estimate of drug-likeness (QED) is 0.414. The Hall–Kier alpha value is -4.89. The number of carbonyl (C=O) groups excluding carboxylic acids is 1. The van der Waals surface area contributed by atoms with E-state index in [9.17, 15) is 20.2 Å². The van der Waals surface area contributed by atoms with Crippen LogP contribution in [0, 0.1) is 21.4 Å². The fraction of sp³-hybridized carbons (Fsp3) is 0.208. The molecule has 2 aliphatic rings. The van der Waals surface area contributed by atoms with Gasteiger partial charge in [-0.3, -0.25) is 15.2 Å². The minimum absolute atomic E-state index is 0.0880. The predicted molar refractivity (Wildman–Crippen MR) is 125 cm³/mol. The molecule has 3 aromatic rings. The number of ether oxygens (including phenoxy) is 3. The number of hydrogen-bond donors (Lipinski definition) is 2. The summed E-state index contributed by atoms with van der Waals surface area (Å²) in [5.74, 6) is -0.254. The zero-order chi connectivity index (χ0) is 25.2. The molecular weight excluding hydrogens is 468 g/mol. The molecule has 1 aromatic heterocycles. The number of nitrogens with zero attached hydrogens (tertiary/aromatic N) is 4. The normalized spacial score (nSPS) is 17.1. The largest absolute Gasteiger partial charge is 0.420 e. The third-order valence-corrected chi connectivity index (χ3v) is 5.97. The summed E-state index contributed by atoms with van der Waals surface area (Å²) < 4.78 is 16.3. The smallest absolute Gasteiger partial charge is 0.415 e. The first kappa shape index (κ1) is 22.9. The van der Waals surface area contributed by atoms with Crippen LogP contribution in [-0.2, 0) is 4.74 Å². The number of H-pyrrole nitrogens is 1. The lowest BCUT2D eigenvalue weighted by molar-refractivity contribution is -0.384.